The lowest BCUT2D eigenvalue weighted by atomic mass is 9.82. The van der Waals surface area contributed by atoms with Crippen LogP contribution in [0.25, 0.3) is 10.6 Å². The topological polar surface area (TPSA) is 42.0 Å². The van der Waals surface area contributed by atoms with Crippen molar-refractivity contribution in [3.63, 3.8) is 0 Å². The molecule has 110 valence electrons. The van der Waals surface area contributed by atoms with Crippen LogP contribution in [0.15, 0.2) is 29.6 Å². The summed E-state index contributed by atoms with van der Waals surface area (Å²) < 4.78 is 0. The summed E-state index contributed by atoms with van der Waals surface area (Å²) >= 11 is 7.33. The van der Waals surface area contributed by atoms with Crippen LogP contribution < -0.4 is 5.32 Å². The first-order chi connectivity index (χ1) is 10.2. The Morgan fingerprint density at radius 2 is 2.10 bits per heavy atom. The average Bonchev–Trinajstić information content (AvgIpc) is 2.94. The molecule has 0 aliphatic heterocycles. The molecule has 1 saturated carbocycles. The van der Waals surface area contributed by atoms with Gasteiger partial charge in [0.1, 0.15) is 5.01 Å². The minimum Gasteiger partial charge on any atom is -0.349 e. The maximum atomic E-state index is 12.1. The predicted molar refractivity (Wildman–Crippen MR) is 86.8 cm³/mol. The fourth-order valence-electron chi connectivity index (χ4n) is 2.55. The summed E-state index contributed by atoms with van der Waals surface area (Å²) in [6, 6.07) is 7.94. The number of hydrogen-bond donors (Lipinski definition) is 1. The zero-order chi connectivity index (χ0) is 14.8. The Kier molecular flexibility index (Phi) is 4.27. The molecular formula is C16H17ClN2OS. The van der Waals surface area contributed by atoms with Crippen LogP contribution in [0, 0.1) is 5.92 Å². The number of alkyl halides is 1. The summed E-state index contributed by atoms with van der Waals surface area (Å²) in [5.41, 5.74) is 2.61. The monoisotopic (exact) mass is 320 g/mol. The van der Waals surface area contributed by atoms with E-state index < -0.39 is 0 Å². The van der Waals surface area contributed by atoms with E-state index in [4.69, 9.17) is 11.6 Å². The molecule has 1 N–H and O–H groups in total. The van der Waals surface area contributed by atoms with Gasteiger partial charge in [-0.25, -0.2) is 4.98 Å². The van der Waals surface area contributed by atoms with Crippen molar-refractivity contribution in [1.29, 1.82) is 0 Å². The molecule has 21 heavy (non-hydrogen) atoms. The zero-order valence-electron chi connectivity index (χ0n) is 11.8. The molecule has 1 amide bonds. The number of thiazole rings is 1. The van der Waals surface area contributed by atoms with E-state index in [0.29, 0.717) is 17.5 Å². The minimum atomic E-state index is 0.0130. The van der Waals surface area contributed by atoms with E-state index in [9.17, 15) is 4.79 Å². The van der Waals surface area contributed by atoms with Gasteiger partial charge in [-0.15, -0.1) is 22.9 Å². The highest BCUT2D eigenvalue weighted by Gasteiger charge is 2.26. The quantitative estimate of drug-likeness (QED) is 0.863. The first-order valence-corrected chi connectivity index (χ1v) is 8.49. The molecule has 2 aromatic rings. The van der Waals surface area contributed by atoms with Gasteiger partial charge in [-0.3, -0.25) is 4.79 Å². The lowest BCUT2D eigenvalue weighted by Crippen LogP contribution is -2.43. The summed E-state index contributed by atoms with van der Waals surface area (Å²) in [6.45, 7) is 2.21. The Bertz CT molecular complexity index is 632. The molecule has 0 radical (unpaired) electrons. The third kappa shape index (κ3) is 3.27. The number of halogens is 1. The first kappa shape index (κ1) is 14.5. The van der Waals surface area contributed by atoms with Crippen molar-refractivity contribution >= 4 is 28.8 Å². The number of carbonyl (C=O) groups is 1. The number of amides is 1. The Morgan fingerprint density at radius 3 is 2.67 bits per heavy atom. The van der Waals surface area contributed by atoms with Crippen molar-refractivity contribution in [2.45, 2.75) is 31.7 Å². The lowest BCUT2D eigenvalue weighted by Gasteiger charge is -2.33. The van der Waals surface area contributed by atoms with Crippen LogP contribution in [0.2, 0.25) is 0 Å². The molecule has 1 aliphatic rings. The highest BCUT2D eigenvalue weighted by Crippen LogP contribution is 2.27. The molecule has 0 atom stereocenters. The highest BCUT2D eigenvalue weighted by atomic mass is 35.5. The average molecular weight is 321 g/mol. The Labute approximate surface area is 133 Å². The van der Waals surface area contributed by atoms with E-state index >= 15 is 0 Å². The fraction of sp³-hybridized carbons (Fsp3) is 0.375. The standard InChI is InChI=1S/C16H17ClN2OS/c1-10-6-13(7-10)18-15(20)11-2-4-12(5-3-11)16-19-14(8-17)9-21-16/h2-5,9-10,13H,6-8H2,1H3,(H,18,20). The molecule has 1 heterocycles. The van der Waals surface area contributed by atoms with Gasteiger partial charge >= 0.3 is 0 Å². The Hall–Kier alpha value is -1.39. The molecule has 0 saturated heterocycles. The van der Waals surface area contributed by atoms with E-state index in [1.54, 1.807) is 11.3 Å². The van der Waals surface area contributed by atoms with Gasteiger partial charge in [-0.05, 0) is 30.9 Å². The molecule has 1 fully saturated rings. The summed E-state index contributed by atoms with van der Waals surface area (Å²) in [7, 11) is 0. The number of nitrogens with one attached hydrogen (secondary N) is 1. The van der Waals surface area contributed by atoms with Crippen molar-refractivity contribution in [3.05, 3.63) is 40.9 Å². The fourth-order valence-corrected chi connectivity index (χ4v) is 3.61. The summed E-state index contributed by atoms with van der Waals surface area (Å²) in [5, 5.41) is 5.96. The number of carbonyl (C=O) groups excluding carboxylic acids is 1. The zero-order valence-corrected chi connectivity index (χ0v) is 13.4. The SMILES string of the molecule is CC1CC(NC(=O)c2ccc(-c3nc(CCl)cs3)cc2)C1. The maximum absolute atomic E-state index is 12.1. The van der Waals surface area contributed by atoms with Gasteiger partial charge in [0.05, 0.1) is 11.6 Å². The number of hydrogen-bond acceptors (Lipinski definition) is 3. The number of rotatable bonds is 4. The third-order valence-electron chi connectivity index (χ3n) is 3.79. The normalized spacial score (nSPS) is 20.9. The van der Waals surface area contributed by atoms with Gasteiger partial charge in [0.15, 0.2) is 0 Å². The van der Waals surface area contributed by atoms with Crippen LogP contribution in [0.3, 0.4) is 0 Å². The number of benzene rings is 1. The molecule has 3 nitrogen and oxygen atoms in total. The molecule has 0 unspecified atom stereocenters. The van der Waals surface area contributed by atoms with Gasteiger partial charge in [0, 0.05) is 22.5 Å². The van der Waals surface area contributed by atoms with Crippen molar-refractivity contribution < 1.29 is 4.79 Å². The number of nitrogens with zero attached hydrogens (tertiary/aromatic N) is 1. The van der Waals surface area contributed by atoms with Crippen LogP contribution in [-0.2, 0) is 5.88 Å². The van der Waals surface area contributed by atoms with Gasteiger partial charge in [0.2, 0.25) is 0 Å². The van der Waals surface area contributed by atoms with Crippen molar-refractivity contribution in [3.8, 4) is 10.6 Å². The maximum Gasteiger partial charge on any atom is 0.251 e. The molecule has 3 rings (SSSR count). The largest absolute Gasteiger partial charge is 0.349 e. The van der Waals surface area contributed by atoms with Gasteiger partial charge in [0.25, 0.3) is 5.91 Å². The van der Waals surface area contributed by atoms with E-state index in [-0.39, 0.29) is 5.91 Å². The van der Waals surface area contributed by atoms with Crippen molar-refractivity contribution in [1.82, 2.24) is 10.3 Å². The van der Waals surface area contributed by atoms with Crippen molar-refractivity contribution in [2.24, 2.45) is 5.92 Å². The molecule has 0 bridgehead atoms. The third-order valence-corrected chi connectivity index (χ3v) is 5.01. The second kappa shape index (κ2) is 6.16. The molecule has 5 heteroatoms. The van der Waals surface area contributed by atoms with E-state index in [1.807, 2.05) is 29.6 Å². The smallest absolute Gasteiger partial charge is 0.251 e. The lowest BCUT2D eigenvalue weighted by molar-refractivity contribution is 0.0896. The summed E-state index contributed by atoms with van der Waals surface area (Å²) in [4.78, 5) is 16.5. The predicted octanol–water partition coefficient (Wildman–Crippen LogP) is 4.08. The summed E-state index contributed by atoms with van der Waals surface area (Å²) in [6.07, 6.45) is 2.17. The summed E-state index contributed by atoms with van der Waals surface area (Å²) in [5.74, 6) is 1.18. The number of aromatic nitrogens is 1. The molecule has 1 aromatic heterocycles. The van der Waals surface area contributed by atoms with Gasteiger partial charge in [-0.2, -0.15) is 0 Å². The van der Waals surface area contributed by atoms with E-state index in [0.717, 1.165) is 35.0 Å². The van der Waals surface area contributed by atoms with Crippen LogP contribution in [0.4, 0.5) is 0 Å². The second-order valence-electron chi connectivity index (χ2n) is 5.60. The van der Waals surface area contributed by atoms with E-state index in [2.05, 4.69) is 17.2 Å². The second-order valence-corrected chi connectivity index (χ2v) is 6.73. The van der Waals surface area contributed by atoms with Gasteiger partial charge < -0.3 is 5.32 Å². The van der Waals surface area contributed by atoms with Crippen molar-refractivity contribution in [2.75, 3.05) is 0 Å². The van der Waals surface area contributed by atoms with E-state index in [1.165, 1.54) is 0 Å². The first-order valence-electron chi connectivity index (χ1n) is 7.07. The molecular weight excluding hydrogens is 304 g/mol. The highest BCUT2D eigenvalue weighted by molar-refractivity contribution is 7.13. The van der Waals surface area contributed by atoms with Crippen LogP contribution in [0.5, 0.6) is 0 Å². The molecule has 0 spiro atoms. The Morgan fingerprint density at radius 1 is 1.38 bits per heavy atom. The Balaban J connectivity index is 1.67. The van der Waals surface area contributed by atoms with Crippen LogP contribution in [-0.4, -0.2) is 16.9 Å². The molecule has 1 aliphatic carbocycles. The van der Waals surface area contributed by atoms with Crippen LogP contribution in [0.1, 0.15) is 35.8 Å². The van der Waals surface area contributed by atoms with Crippen LogP contribution >= 0.6 is 22.9 Å². The van der Waals surface area contributed by atoms with Gasteiger partial charge in [-0.1, -0.05) is 19.1 Å². The molecule has 1 aromatic carbocycles. The minimum absolute atomic E-state index is 0.0130.